The van der Waals surface area contributed by atoms with Crippen LogP contribution in [0, 0.1) is 11.7 Å². The lowest BCUT2D eigenvalue weighted by Gasteiger charge is -2.18. The number of aromatic nitrogens is 5. The largest absolute Gasteiger partial charge is 0.465 e. The maximum atomic E-state index is 14.4. The van der Waals surface area contributed by atoms with Crippen LogP contribution in [0.25, 0.3) is 11.3 Å². The van der Waals surface area contributed by atoms with Crippen LogP contribution in [-0.2, 0) is 22.4 Å². The van der Waals surface area contributed by atoms with Crippen LogP contribution in [0.4, 0.5) is 20.8 Å². The molecule has 2 atom stereocenters. The number of hydrogen-bond acceptors (Lipinski definition) is 9. The third-order valence-electron chi connectivity index (χ3n) is 6.55. The zero-order valence-corrected chi connectivity index (χ0v) is 19.2. The molecular weight excluding hydrogens is 471 g/mol. The molecule has 1 fully saturated rings. The Balaban J connectivity index is 1.01. The molecule has 3 aromatic rings. The molecule has 0 aromatic carbocycles. The van der Waals surface area contributed by atoms with Crippen LogP contribution in [0.2, 0.25) is 0 Å². The lowest BCUT2D eigenvalue weighted by Crippen LogP contribution is -2.30. The maximum absolute atomic E-state index is 14.4. The Morgan fingerprint density at radius 2 is 2.06 bits per heavy atom. The van der Waals surface area contributed by atoms with Gasteiger partial charge in [0, 0.05) is 11.8 Å². The molecule has 0 spiro atoms. The topological polar surface area (TPSA) is 147 Å². The highest BCUT2D eigenvalue weighted by Crippen LogP contribution is 2.34. The first-order valence-corrected chi connectivity index (χ1v) is 11.7. The first-order valence-electron chi connectivity index (χ1n) is 11.7. The maximum Gasteiger partial charge on any atom is 0.415 e. The van der Waals surface area contributed by atoms with Crippen LogP contribution in [0.3, 0.4) is 0 Å². The highest BCUT2D eigenvalue weighted by molar-refractivity contribution is 5.94. The number of anilines is 2. The van der Waals surface area contributed by atoms with Crippen LogP contribution in [0.5, 0.6) is 5.88 Å². The van der Waals surface area contributed by atoms with E-state index in [1.807, 2.05) is 0 Å². The number of hydrogen-bond donors (Lipinski definition) is 3. The number of rotatable bonds is 7. The lowest BCUT2D eigenvalue weighted by atomic mass is 10.0. The SMILES string of the molecule is O=C1COc2ncc(N3CC(CCNCC4Cc5c(F)cnc(-c6cn[nH]c6)c5C4)OC3=O)nc2N1. The second-order valence-corrected chi connectivity index (χ2v) is 9.00. The van der Waals surface area contributed by atoms with Gasteiger partial charge in [-0.3, -0.25) is 19.8 Å². The quantitative estimate of drug-likeness (QED) is 0.415. The number of halogens is 1. The number of aromatic amines is 1. The van der Waals surface area contributed by atoms with Gasteiger partial charge in [0.1, 0.15) is 11.9 Å². The van der Waals surface area contributed by atoms with E-state index in [0.29, 0.717) is 32.5 Å². The molecule has 13 heteroatoms. The van der Waals surface area contributed by atoms with E-state index in [0.717, 1.165) is 28.8 Å². The van der Waals surface area contributed by atoms with Crippen molar-refractivity contribution in [3.8, 4) is 17.1 Å². The van der Waals surface area contributed by atoms with Crippen molar-refractivity contribution in [2.45, 2.75) is 25.4 Å². The Morgan fingerprint density at radius 3 is 2.92 bits per heavy atom. The minimum Gasteiger partial charge on any atom is -0.465 e. The molecule has 0 radical (unpaired) electrons. The first-order chi connectivity index (χ1) is 17.5. The minimum atomic E-state index is -0.515. The first kappa shape index (κ1) is 22.3. The molecule has 0 saturated carbocycles. The van der Waals surface area contributed by atoms with Gasteiger partial charge >= 0.3 is 6.09 Å². The Kier molecular flexibility index (Phi) is 5.68. The van der Waals surface area contributed by atoms with Crippen molar-refractivity contribution in [1.29, 1.82) is 0 Å². The molecular formula is C23H23FN8O4. The van der Waals surface area contributed by atoms with Crippen molar-refractivity contribution in [1.82, 2.24) is 30.5 Å². The molecule has 2 aliphatic heterocycles. The smallest absolute Gasteiger partial charge is 0.415 e. The van der Waals surface area contributed by atoms with Crippen LogP contribution >= 0.6 is 0 Å². The number of nitrogens with one attached hydrogen (secondary N) is 3. The van der Waals surface area contributed by atoms with E-state index in [1.54, 1.807) is 12.4 Å². The number of nitrogens with zero attached hydrogens (tertiary/aromatic N) is 5. The van der Waals surface area contributed by atoms with Crippen molar-refractivity contribution in [3.05, 3.63) is 41.7 Å². The molecule has 6 rings (SSSR count). The van der Waals surface area contributed by atoms with E-state index < -0.39 is 6.09 Å². The fraction of sp³-hybridized carbons (Fsp3) is 0.391. The Hall–Kier alpha value is -4.13. The third kappa shape index (κ3) is 4.21. The van der Waals surface area contributed by atoms with Crippen molar-refractivity contribution in [2.75, 3.05) is 36.5 Å². The molecule has 1 aliphatic carbocycles. The van der Waals surface area contributed by atoms with Crippen molar-refractivity contribution in [3.63, 3.8) is 0 Å². The average molecular weight is 494 g/mol. The summed E-state index contributed by atoms with van der Waals surface area (Å²) >= 11 is 0. The van der Waals surface area contributed by atoms with Gasteiger partial charge in [-0.05, 0) is 49.4 Å². The summed E-state index contributed by atoms with van der Waals surface area (Å²) in [6.45, 7) is 1.54. The predicted octanol–water partition coefficient (Wildman–Crippen LogP) is 1.45. The Morgan fingerprint density at radius 1 is 1.17 bits per heavy atom. The monoisotopic (exact) mass is 494 g/mol. The number of pyridine rings is 1. The van der Waals surface area contributed by atoms with Crippen LogP contribution in [0.1, 0.15) is 17.5 Å². The number of H-pyrrole nitrogens is 1. The Bertz CT molecular complexity index is 1320. The van der Waals surface area contributed by atoms with Crippen molar-refractivity contribution in [2.24, 2.45) is 5.92 Å². The summed E-state index contributed by atoms with van der Waals surface area (Å²) in [7, 11) is 0. The number of carbonyl (C=O) groups is 2. The number of cyclic esters (lactones) is 1. The van der Waals surface area contributed by atoms with Gasteiger partial charge in [-0.15, -0.1) is 0 Å². The molecule has 186 valence electrons. The molecule has 3 aliphatic rings. The molecule has 2 unspecified atom stereocenters. The molecule has 36 heavy (non-hydrogen) atoms. The Labute approximate surface area is 204 Å². The normalized spacial score (nSPS) is 20.5. The van der Waals surface area contributed by atoms with E-state index in [2.05, 4.69) is 35.8 Å². The molecule has 12 nitrogen and oxygen atoms in total. The fourth-order valence-electron chi connectivity index (χ4n) is 4.84. The zero-order chi connectivity index (χ0) is 24.6. The van der Waals surface area contributed by atoms with Crippen LogP contribution in [0.15, 0.2) is 24.8 Å². The molecule has 5 heterocycles. The predicted molar refractivity (Wildman–Crippen MR) is 124 cm³/mol. The highest BCUT2D eigenvalue weighted by atomic mass is 19.1. The van der Waals surface area contributed by atoms with Gasteiger partial charge in [0.2, 0.25) is 0 Å². The molecule has 1 saturated heterocycles. The summed E-state index contributed by atoms with van der Waals surface area (Å²) in [6.07, 6.45) is 7.31. The molecule has 2 amide bonds. The molecule has 3 aromatic heterocycles. The van der Waals surface area contributed by atoms with Gasteiger partial charge in [0.25, 0.3) is 11.8 Å². The van der Waals surface area contributed by atoms with Crippen LogP contribution < -0.4 is 20.3 Å². The van der Waals surface area contributed by atoms with Gasteiger partial charge in [-0.1, -0.05) is 0 Å². The van der Waals surface area contributed by atoms with E-state index >= 15 is 0 Å². The van der Waals surface area contributed by atoms with E-state index in [-0.39, 0.29) is 47.9 Å². The summed E-state index contributed by atoms with van der Waals surface area (Å²) in [4.78, 5) is 38.0. The molecule has 0 bridgehead atoms. The van der Waals surface area contributed by atoms with E-state index in [4.69, 9.17) is 9.47 Å². The van der Waals surface area contributed by atoms with Gasteiger partial charge in [0.05, 0.1) is 30.8 Å². The van der Waals surface area contributed by atoms with Crippen LogP contribution in [-0.4, -0.2) is 69.5 Å². The number of carbonyl (C=O) groups excluding carboxylic acids is 2. The second kappa shape index (κ2) is 9.15. The highest BCUT2D eigenvalue weighted by Gasteiger charge is 2.34. The summed E-state index contributed by atoms with van der Waals surface area (Å²) in [5, 5.41) is 12.8. The third-order valence-corrected chi connectivity index (χ3v) is 6.55. The summed E-state index contributed by atoms with van der Waals surface area (Å²) in [6, 6.07) is 0. The van der Waals surface area contributed by atoms with E-state index in [9.17, 15) is 14.0 Å². The van der Waals surface area contributed by atoms with Crippen molar-refractivity contribution < 1.29 is 23.5 Å². The average Bonchev–Trinajstić information content (AvgIpc) is 3.62. The fourth-order valence-corrected chi connectivity index (χ4v) is 4.84. The lowest BCUT2D eigenvalue weighted by molar-refractivity contribution is -0.118. The molecule has 3 N–H and O–H groups in total. The van der Waals surface area contributed by atoms with Gasteiger partial charge in [-0.2, -0.15) is 5.10 Å². The number of ether oxygens (including phenoxy) is 2. The zero-order valence-electron chi connectivity index (χ0n) is 19.2. The van der Waals surface area contributed by atoms with Gasteiger partial charge in [0.15, 0.2) is 18.2 Å². The second-order valence-electron chi connectivity index (χ2n) is 9.00. The number of amides is 2. The van der Waals surface area contributed by atoms with E-state index in [1.165, 1.54) is 17.3 Å². The van der Waals surface area contributed by atoms with Gasteiger partial charge < -0.3 is 20.1 Å². The minimum absolute atomic E-state index is 0.119. The standard InChI is InChI=1S/C23H23FN8O4/c24-17-8-26-20(13-6-28-29-7-13)16-4-12(3-15(16)17)5-25-2-1-14-10-32(23(34)36-14)18-9-27-22-21(30-18)31-19(33)11-35-22/h6-9,12,14,25H,1-5,10-11H2,(H,28,29)(H,30,31,33). The summed E-state index contributed by atoms with van der Waals surface area (Å²) < 4.78 is 25.1. The number of fused-ring (bicyclic) bond motifs is 2. The summed E-state index contributed by atoms with van der Waals surface area (Å²) in [5.74, 6) is 0.330. The summed E-state index contributed by atoms with van der Waals surface area (Å²) in [5.41, 5.74) is 3.29. The van der Waals surface area contributed by atoms with Crippen molar-refractivity contribution >= 4 is 23.6 Å². The van der Waals surface area contributed by atoms with Gasteiger partial charge in [-0.25, -0.2) is 19.2 Å².